The molecule has 0 aliphatic carbocycles. The fourth-order valence-electron chi connectivity index (χ4n) is 3.21. The van der Waals surface area contributed by atoms with E-state index in [1.54, 1.807) is 11.0 Å². The van der Waals surface area contributed by atoms with E-state index in [-0.39, 0.29) is 24.3 Å². The van der Waals surface area contributed by atoms with Gasteiger partial charge in [-0.15, -0.1) is 0 Å². The van der Waals surface area contributed by atoms with E-state index in [0.29, 0.717) is 18.0 Å². The smallest absolute Gasteiger partial charge is 0.243 e. The molecule has 0 bridgehead atoms. The molecule has 2 rings (SSSR count). The number of aryl methyl sites for hydroxylation is 1. The molecule has 0 aliphatic rings. The zero-order chi connectivity index (χ0) is 20.7. The number of carbonyl (C=O) groups is 2. The highest BCUT2D eigenvalue weighted by molar-refractivity contribution is 6.31. The average Bonchev–Trinajstić information content (AvgIpc) is 2.62. The van der Waals surface area contributed by atoms with Gasteiger partial charge in [0.2, 0.25) is 11.8 Å². The summed E-state index contributed by atoms with van der Waals surface area (Å²) in [5.74, 6) is -0.224. The summed E-state index contributed by atoms with van der Waals surface area (Å²) >= 11 is 6.33. The van der Waals surface area contributed by atoms with Gasteiger partial charge < -0.3 is 10.2 Å². The van der Waals surface area contributed by atoms with Gasteiger partial charge in [0, 0.05) is 17.6 Å². The largest absolute Gasteiger partial charge is 0.352 e. The normalized spacial score (nSPS) is 11.9. The Hall–Kier alpha value is -2.33. The lowest BCUT2D eigenvalue weighted by Gasteiger charge is -2.31. The third kappa shape index (κ3) is 6.10. The Morgan fingerprint density at radius 1 is 1.11 bits per heavy atom. The minimum Gasteiger partial charge on any atom is -0.352 e. The summed E-state index contributed by atoms with van der Waals surface area (Å²) in [5.41, 5.74) is 2.87. The third-order valence-corrected chi connectivity index (χ3v) is 4.92. The van der Waals surface area contributed by atoms with Crippen molar-refractivity contribution in [3.8, 4) is 0 Å². The van der Waals surface area contributed by atoms with Gasteiger partial charge in [0.25, 0.3) is 0 Å². The van der Waals surface area contributed by atoms with Crippen LogP contribution in [0, 0.1) is 6.92 Å². The van der Waals surface area contributed by atoms with Crippen molar-refractivity contribution in [3.05, 3.63) is 70.2 Å². The number of halogens is 1. The highest BCUT2D eigenvalue weighted by Crippen LogP contribution is 2.20. The Labute approximate surface area is 172 Å². The lowest BCUT2D eigenvalue weighted by Crippen LogP contribution is -2.50. The van der Waals surface area contributed by atoms with Gasteiger partial charge >= 0.3 is 0 Å². The molecule has 0 unspecified atom stereocenters. The zero-order valence-electron chi connectivity index (χ0n) is 17.0. The molecule has 150 valence electrons. The van der Waals surface area contributed by atoms with Gasteiger partial charge in [-0.2, -0.15) is 0 Å². The molecule has 0 aliphatic heterocycles. The van der Waals surface area contributed by atoms with Crippen molar-refractivity contribution >= 4 is 23.4 Å². The van der Waals surface area contributed by atoms with Crippen LogP contribution >= 0.6 is 11.6 Å². The van der Waals surface area contributed by atoms with Gasteiger partial charge in [-0.05, 0) is 44.4 Å². The van der Waals surface area contributed by atoms with Crippen LogP contribution in [0.4, 0.5) is 0 Å². The minimum atomic E-state index is -0.545. The molecular formula is C23H29ClN2O2. The van der Waals surface area contributed by atoms with Crippen LogP contribution in [0.2, 0.25) is 5.02 Å². The molecule has 0 radical (unpaired) electrons. The Morgan fingerprint density at radius 2 is 1.82 bits per heavy atom. The van der Waals surface area contributed by atoms with E-state index in [4.69, 9.17) is 11.6 Å². The second kappa shape index (κ2) is 10.3. The molecule has 2 aromatic rings. The van der Waals surface area contributed by atoms with Gasteiger partial charge in [-0.25, -0.2) is 0 Å². The fourth-order valence-corrected chi connectivity index (χ4v) is 3.40. The van der Waals surface area contributed by atoms with Crippen LogP contribution in [0.5, 0.6) is 0 Å². The predicted octanol–water partition coefficient (Wildman–Crippen LogP) is 4.52. The number of hydrogen-bond acceptors (Lipinski definition) is 2. The molecule has 2 amide bonds. The first-order chi connectivity index (χ1) is 13.3. The van der Waals surface area contributed by atoms with Crippen molar-refractivity contribution in [2.75, 3.05) is 0 Å². The number of carbonyl (C=O) groups excluding carboxylic acids is 2. The van der Waals surface area contributed by atoms with Gasteiger partial charge in [0.15, 0.2) is 0 Å². The predicted molar refractivity (Wildman–Crippen MR) is 114 cm³/mol. The third-order valence-electron chi connectivity index (χ3n) is 4.55. The molecule has 5 heteroatoms. The molecule has 0 spiro atoms. The van der Waals surface area contributed by atoms with E-state index in [2.05, 4.69) is 5.32 Å². The number of hydrogen-bond donors (Lipinski definition) is 1. The molecule has 0 aromatic heterocycles. The Kier molecular flexibility index (Phi) is 8.06. The molecule has 1 atom stereocenters. The van der Waals surface area contributed by atoms with E-state index in [0.717, 1.165) is 16.7 Å². The van der Waals surface area contributed by atoms with Crippen LogP contribution in [0.25, 0.3) is 0 Å². The molecule has 0 heterocycles. The summed E-state index contributed by atoms with van der Waals surface area (Å²) in [4.78, 5) is 27.7. The number of rotatable bonds is 8. The lowest BCUT2D eigenvalue weighted by atomic mass is 10.0. The maximum atomic E-state index is 13.2. The maximum absolute atomic E-state index is 13.2. The zero-order valence-corrected chi connectivity index (χ0v) is 17.8. The van der Waals surface area contributed by atoms with Crippen molar-refractivity contribution in [2.24, 2.45) is 0 Å². The summed E-state index contributed by atoms with van der Waals surface area (Å²) < 4.78 is 0. The molecule has 4 nitrogen and oxygen atoms in total. The van der Waals surface area contributed by atoms with E-state index < -0.39 is 6.04 Å². The molecule has 1 N–H and O–H groups in total. The van der Waals surface area contributed by atoms with Crippen molar-refractivity contribution in [2.45, 2.75) is 59.2 Å². The van der Waals surface area contributed by atoms with E-state index in [9.17, 15) is 9.59 Å². The van der Waals surface area contributed by atoms with Crippen molar-refractivity contribution in [1.29, 1.82) is 0 Å². The molecule has 0 saturated heterocycles. The number of nitrogens with one attached hydrogen (secondary N) is 1. The first-order valence-electron chi connectivity index (χ1n) is 9.70. The van der Waals surface area contributed by atoms with Gasteiger partial charge in [-0.1, -0.05) is 66.6 Å². The molecule has 2 aromatic carbocycles. The SMILES string of the molecule is CC[C@@H](C(=O)NC(C)C)N(Cc1ccccc1Cl)C(=O)Cc1cccc(C)c1. The average molecular weight is 401 g/mol. The van der Waals surface area contributed by atoms with E-state index in [1.807, 2.05) is 70.2 Å². The standard InChI is InChI=1S/C23H29ClN2O2/c1-5-21(23(28)25-16(2)3)26(15-19-11-6-7-12-20(19)24)22(27)14-18-10-8-9-17(4)13-18/h6-13,16,21H,5,14-15H2,1-4H3,(H,25,28)/t21-/m0/s1. The monoisotopic (exact) mass is 400 g/mol. The van der Waals surface area contributed by atoms with Crippen LogP contribution in [0.15, 0.2) is 48.5 Å². The quantitative estimate of drug-likeness (QED) is 0.708. The second-order valence-corrected chi connectivity index (χ2v) is 7.77. The van der Waals surface area contributed by atoms with Crippen LogP contribution in [0.3, 0.4) is 0 Å². The summed E-state index contributed by atoms with van der Waals surface area (Å²) in [5, 5.41) is 3.53. The van der Waals surface area contributed by atoms with Crippen LogP contribution in [-0.4, -0.2) is 28.8 Å². The number of nitrogens with zero attached hydrogens (tertiary/aromatic N) is 1. The molecule has 0 saturated carbocycles. The van der Waals surface area contributed by atoms with Gasteiger partial charge in [-0.3, -0.25) is 9.59 Å². The van der Waals surface area contributed by atoms with Crippen LogP contribution in [-0.2, 0) is 22.6 Å². The van der Waals surface area contributed by atoms with Crippen molar-refractivity contribution in [1.82, 2.24) is 10.2 Å². The Balaban J connectivity index is 2.32. The first-order valence-corrected chi connectivity index (χ1v) is 10.1. The van der Waals surface area contributed by atoms with Crippen molar-refractivity contribution in [3.63, 3.8) is 0 Å². The summed E-state index contributed by atoms with van der Waals surface area (Å²) in [6, 6.07) is 14.8. The maximum Gasteiger partial charge on any atom is 0.243 e. The van der Waals surface area contributed by atoms with E-state index in [1.165, 1.54) is 0 Å². The van der Waals surface area contributed by atoms with Crippen molar-refractivity contribution < 1.29 is 9.59 Å². The highest BCUT2D eigenvalue weighted by atomic mass is 35.5. The number of benzene rings is 2. The van der Waals surface area contributed by atoms with Crippen LogP contribution < -0.4 is 5.32 Å². The second-order valence-electron chi connectivity index (χ2n) is 7.37. The van der Waals surface area contributed by atoms with Gasteiger partial charge in [0.05, 0.1) is 6.42 Å². The van der Waals surface area contributed by atoms with E-state index >= 15 is 0 Å². The fraction of sp³-hybridized carbons (Fsp3) is 0.391. The lowest BCUT2D eigenvalue weighted by molar-refractivity contribution is -0.141. The van der Waals surface area contributed by atoms with Gasteiger partial charge in [0.1, 0.15) is 6.04 Å². The summed E-state index contributed by atoms with van der Waals surface area (Å²) in [6.45, 7) is 8.05. The summed E-state index contributed by atoms with van der Waals surface area (Å²) in [6.07, 6.45) is 0.778. The Morgan fingerprint density at radius 3 is 2.43 bits per heavy atom. The van der Waals surface area contributed by atoms with Crippen LogP contribution in [0.1, 0.15) is 43.9 Å². The topological polar surface area (TPSA) is 49.4 Å². The molecule has 28 heavy (non-hydrogen) atoms. The number of amides is 2. The minimum absolute atomic E-state index is 0.00980. The summed E-state index contributed by atoms with van der Waals surface area (Å²) in [7, 11) is 0. The Bertz CT molecular complexity index is 820. The molecule has 0 fully saturated rings. The highest BCUT2D eigenvalue weighted by Gasteiger charge is 2.29. The first kappa shape index (κ1) is 22.0. The molecular weight excluding hydrogens is 372 g/mol.